The minimum atomic E-state index is -3.86. The van der Waals surface area contributed by atoms with Crippen LogP contribution in [0.5, 0.6) is 11.5 Å². The summed E-state index contributed by atoms with van der Waals surface area (Å²) in [4.78, 5) is 11.0. The van der Waals surface area contributed by atoms with Gasteiger partial charge in [-0.2, -0.15) is 0 Å². The second kappa shape index (κ2) is 10.1. The summed E-state index contributed by atoms with van der Waals surface area (Å²) >= 11 is 0. The van der Waals surface area contributed by atoms with Crippen LogP contribution < -0.4 is 14.2 Å². The molecule has 7 nitrogen and oxygen atoms in total. The van der Waals surface area contributed by atoms with Crippen LogP contribution in [0.4, 0.5) is 0 Å². The molecule has 0 spiro atoms. The first-order valence-electron chi connectivity index (χ1n) is 9.56. The quantitative estimate of drug-likeness (QED) is 0.499. The number of hydrogen-bond acceptors (Lipinski definition) is 5. The van der Waals surface area contributed by atoms with Gasteiger partial charge in [0.05, 0.1) is 12.7 Å². The normalized spacial score (nSPS) is 11.1. The third kappa shape index (κ3) is 6.07. The van der Waals surface area contributed by atoms with Crippen LogP contribution in [-0.4, -0.2) is 33.1 Å². The topological polar surface area (TPSA) is 102 Å². The summed E-state index contributed by atoms with van der Waals surface area (Å²) in [6.45, 7) is 0.652. The molecule has 0 unspecified atom stereocenters. The van der Waals surface area contributed by atoms with Crippen LogP contribution in [-0.2, 0) is 23.1 Å². The van der Waals surface area contributed by atoms with Gasteiger partial charge in [0.1, 0.15) is 23.0 Å². The minimum Gasteiger partial charge on any atom is -0.495 e. The van der Waals surface area contributed by atoms with Crippen molar-refractivity contribution in [3.8, 4) is 11.5 Å². The Balaban J connectivity index is 1.56. The number of rotatable bonds is 10. The lowest BCUT2D eigenvalue weighted by Crippen LogP contribution is -2.26. The van der Waals surface area contributed by atoms with Gasteiger partial charge in [0, 0.05) is 6.54 Å². The van der Waals surface area contributed by atoms with Gasteiger partial charge in [0.2, 0.25) is 10.0 Å². The van der Waals surface area contributed by atoms with E-state index in [1.165, 1.54) is 25.3 Å². The van der Waals surface area contributed by atoms with Gasteiger partial charge in [-0.25, -0.2) is 17.9 Å². The first kappa shape index (κ1) is 22.3. The molecule has 31 heavy (non-hydrogen) atoms. The molecule has 2 N–H and O–H groups in total. The Morgan fingerprint density at radius 1 is 0.968 bits per heavy atom. The van der Waals surface area contributed by atoms with Crippen molar-refractivity contribution in [2.75, 3.05) is 13.7 Å². The molecule has 0 amide bonds. The minimum absolute atomic E-state index is 0.0210. The Kier molecular flexibility index (Phi) is 7.28. The van der Waals surface area contributed by atoms with Crippen molar-refractivity contribution in [1.82, 2.24) is 4.72 Å². The highest BCUT2D eigenvalue weighted by Gasteiger charge is 2.20. The monoisotopic (exact) mass is 441 g/mol. The highest BCUT2D eigenvalue weighted by atomic mass is 32.2. The smallest absolute Gasteiger partial charge is 0.335 e. The van der Waals surface area contributed by atoms with Crippen LogP contribution in [0.3, 0.4) is 0 Å². The number of carboxylic acids is 1. The Morgan fingerprint density at radius 3 is 2.32 bits per heavy atom. The van der Waals surface area contributed by atoms with Crippen LogP contribution in [0.15, 0.2) is 77.7 Å². The molecule has 3 aromatic carbocycles. The number of ether oxygens (including phenoxy) is 2. The molecular weight excluding hydrogens is 418 g/mol. The van der Waals surface area contributed by atoms with Crippen molar-refractivity contribution in [1.29, 1.82) is 0 Å². The number of aromatic carboxylic acids is 1. The molecule has 0 aliphatic rings. The molecular formula is C23H23NO6S. The molecule has 8 heteroatoms. The summed E-state index contributed by atoms with van der Waals surface area (Å²) in [5.74, 6) is -0.449. The molecule has 162 valence electrons. The number of benzene rings is 3. The van der Waals surface area contributed by atoms with Gasteiger partial charge < -0.3 is 14.6 Å². The van der Waals surface area contributed by atoms with E-state index in [-0.39, 0.29) is 22.8 Å². The van der Waals surface area contributed by atoms with Gasteiger partial charge in [-0.1, -0.05) is 42.5 Å². The van der Waals surface area contributed by atoms with E-state index in [9.17, 15) is 13.2 Å². The van der Waals surface area contributed by atoms with E-state index in [1.54, 1.807) is 0 Å². The maximum absolute atomic E-state index is 12.6. The van der Waals surface area contributed by atoms with Gasteiger partial charge in [-0.3, -0.25) is 0 Å². The standard InChI is InChI=1S/C23H23NO6S/c1-29-21-15-19(23(25)26)9-12-22(21)31(27,28)24-14-13-17-7-10-20(11-8-17)30-16-18-5-3-2-4-6-18/h2-12,15,24H,13-14,16H2,1H3,(H,25,26). The second-order valence-electron chi connectivity index (χ2n) is 6.74. The van der Waals surface area contributed by atoms with E-state index in [4.69, 9.17) is 14.6 Å². The van der Waals surface area contributed by atoms with E-state index in [0.29, 0.717) is 13.0 Å². The van der Waals surface area contributed by atoms with Gasteiger partial charge in [0.25, 0.3) is 0 Å². The Bertz CT molecular complexity index is 1130. The molecule has 0 bridgehead atoms. The fourth-order valence-electron chi connectivity index (χ4n) is 2.92. The summed E-state index contributed by atoms with van der Waals surface area (Å²) in [5, 5.41) is 9.05. The average molecular weight is 442 g/mol. The fraction of sp³-hybridized carbons (Fsp3) is 0.174. The summed E-state index contributed by atoms with van der Waals surface area (Å²) in [6.07, 6.45) is 0.480. The number of carbonyl (C=O) groups is 1. The lowest BCUT2D eigenvalue weighted by molar-refractivity contribution is 0.0696. The molecule has 0 radical (unpaired) electrons. The third-order valence-electron chi connectivity index (χ3n) is 4.58. The van der Waals surface area contributed by atoms with Crippen molar-refractivity contribution in [3.05, 3.63) is 89.5 Å². The summed E-state index contributed by atoms with van der Waals surface area (Å²) in [7, 11) is -2.56. The zero-order valence-corrected chi connectivity index (χ0v) is 17.8. The Morgan fingerprint density at radius 2 is 1.68 bits per heavy atom. The number of methoxy groups -OCH3 is 1. The number of hydrogen-bond donors (Lipinski definition) is 2. The molecule has 0 atom stereocenters. The molecule has 0 aliphatic carbocycles. The van der Waals surface area contributed by atoms with Crippen LogP contribution in [0, 0.1) is 0 Å². The van der Waals surface area contributed by atoms with E-state index in [2.05, 4.69) is 4.72 Å². The van der Waals surface area contributed by atoms with Gasteiger partial charge in [0.15, 0.2) is 0 Å². The van der Waals surface area contributed by atoms with Crippen LogP contribution >= 0.6 is 0 Å². The zero-order valence-electron chi connectivity index (χ0n) is 16.9. The first-order chi connectivity index (χ1) is 14.9. The first-order valence-corrected chi connectivity index (χ1v) is 11.0. The van der Waals surface area contributed by atoms with E-state index >= 15 is 0 Å². The number of nitrogens with one attached hydrogen (secondary N) is 1. The highest BCUT2D eigenvalue weighted by molar-refractivity contribution is 7.89. The maximum Gasteiger partial charge on any atom is 0.335 e. The molecule has 0 fully saturated rings. The molecule has 0 saturated carbocycles. The second-order valence-corrected chi connectivity index (χ2v) is 8.47. The van der Waals surface area contributed by atoms with Crippen molar-refractivity contribution in [2.45, 2.75) is 17.9 Å². The molecule has 3 rings (SSSR count). The summed E-state index contributed by atoms with van der Waals surface area (Å²) in [5.41, 5.74) is 1.97. The molecule has 0 aromatic heterocycles. The molecule has 0 heterocycles. The number of sulfonamides is 1. The third-order valence-corrected chi connectivity index (χ3v) is 6.08. The number of carboxylic acid groups (broad SMARTS) is 1. The molecule has 0 aliphatic heterocycles. The SMILES string of the molecule is COc1cc(C(=O)O)ccc1S(=O)(=O)NCCc1ccc(OCc2ccccc2)cc1. The Labute approximate surface area is 181 Å². The summed E-state index contributed by atoms with van der Waals surface area (Å²) in [6, 6.07) is 21.0. The fourth-order valence-corrected chi connectivity index (χ4v) is 4.10. The van der Waals surface area contributed by atoms with Gasteiger partial charge >= 0.3 is 5.97 Å². The average Bonchev–Trinajstić information content (AvgIpc) is 2.78. The molecule has 0 saturated heterocycles. The van der Waals surface area contributed by atoms with Gasteiger partial charge in [-0.15, -0.1) is 0 Å². The lowest BCUT2D eigenvalue weighted by atomic mass is 10.1. The molecule has 3 aromatic rings. The lowest BCUT2D eigenvalue weighted by Gasteiger charge is -2.12. The van der Waals surface area contributed by atoms with Crippen molar-refractivity contribution < 1.29 is 27.8 Å². The van der Waals surface area contributed by atoms with E-state index in [0.717, 1.165) is 16.9 Å². The predicted octanol–water partition coefficient (Wildman–Crippen LogP) is 3.49. The zero-order chi connectivity index (χ0) is 22.3. The van der Waals surface area contributed by atoms with E-state index < -0.39 is 16.0 Å². The van der Waals surface area contributed by atoms with Crippen LogP contribution in [0.25, 0.3) is 0 Å². The highest BCUT2D eigenvalue weighted by Crippen LogP contribution is 2.25. The van der Waals surface area contributed by atoms with Crippen molar-refractivity contribution in [3.63, 3.8) is 0 Å². The predicted molar refractivity (Wildman–Crippen MR) is 116 cm³/mol. The van der Waals surface area contributed by atoms with E-state index in [1.807, 2.05) is 54.6 Å². The largest absolute Gasteiger partial charge is 0.495 e. The Hall–Kier alpha value is -3.36. The van der Waals surface area contributed by atoms with Crippen molar-refractivity contribution in [2.24, 2.45) is 0 Å². The van der Waals surface area contributed by atoms with Crippen molar-refractivity contribution >= 4 is 16.0 Å². The maximum atomic E-state index is 12.6. The van der Waals surface area contributed by atoms with Gasteiger partial charge in [-0.05, 0) is 47.9 Å². The van der Waals surface area contributed by atoms with Crippen LogP contribution in [0.1, 0.15) is 21.5 Å². The van der Waals surface area contributed by atoms with Crippen LogP contribution in [0.2, 0.25) is 0 Å². The summed E-state index contributed by atoms with van der Waals surface area (Å²) < 4.78 is 38.5.